The summed E-state index contributed by atoms with van der Waals surface area (Å²) in [4.78, 5) is 0. The van der Waals surface area contributed by atoms with Crippen LogP contribution in [0.1, 0.15) is 38.2 Å². The molecule has 1 aromatic rings. The Balaban J connectivity index is 1.77. The summed E-state index contributed by atoms with van der Waals surface area (Å²) in [6, 6.07) is 8.27. The third kappa shape index (κ3) is 3.47. The Kier molecular flexibility index (Phi) is 4.43. The van der Waals surface area contributed by atoms with Crippen LogP contribution in [0.25, 0.3) is 0 Å². The van der Waals surface area contributed by atoms with Gasteiger partial charge in [0.1, 0.15) is 5.75 Å². The first-order valence-corrected chi connectivity index (χ1v) is 6.69. The third-order valence-corrected chi connectivity index (χ3v) is 3.68. The van der Waals surface area contributed by atoms with Crippen LogP contribution in [0.5, 0.6) is 5.75 Å². The highest BCUT2D eigenvalue weighted by atomic mass is 16.5. The number of ether oxygens (including phenoxy) is 1. The van der Waals surface area contributed by atoms with Crippen LogP contribution in [0, 0.1) is 5.92 Å². The molecule has 2 rings (SSSR count). The monoisotopic (exact) mass is 234 g/mol. The van der Waals surface area contributed by atoms with Crippen LogP contribution < -0.4 is 4.74 Å². The second kappa shape index (κ2) is 6.06. The van der Waals surface area contributed by atoms with Crippen LogP contribution in [-0.4, -0.2) is 17.8 Å². The van der Waals surface area contributed by atoms with Crippen molar-refractivity contribution < 1.29 is 9.84 Å². The Morgan fingerprint density at radius 3 is 2.94 bits per heavy atom. The van der Waals surface area contributed by atoms with Crippen LogP contribution in [0.4, 0.5) is 0 Å². The van der Waals surface area contributed by atoms with Gasteiger partial charge >= 0.3 is 0 Å². The maximum absolute atomic E-state index is 9.71. The largest absolute Gasteiger partial charge is 0.494 e. The zero-order chi connectivity index (χ0) is 12.1. The Morgan fingerprint density at radius 1 is 1.35 bits per heavy atom. The molecule has 0 saturated heterocycles. The fourth-order valence-electron chi connectivity index (χ4n) is 2.54. The van der Waals surface area contributed by atoms with E-state index in [1.54, 1.807) is 0 Å². The van der Waals surface area contributed by atoms with Gasteiger partial charge in [0.05, 0.1) is 12.7 Å². The fourth-order valence-corrected chi connectivity index (χ4v) is 2.54. The molecule has 17 heavy (non-hydrogen) atoms. The highest BCUT2D eigenvalue weighted by Crippen LogP contribution is 2.28. The first-order chi connectivity index (χ1) is 8.29. The number of hydrogen-bond acceptors (Lipinski definition) is 2. The van der Waals surface area contributed by atoms with Gasteiger partial charge in [0.15, 0.2) is 0 Å². The average molecular weight is 234 g/mol. The molecule has 1 aromatic carbocycles. The molecule has 1 aliphatic rings. The number of aliphatic hydroxyl groups is 1. The molecule has 2 nitrogen and oxygen atoms in total. The van der Waals surface area contributed by atoms with Gasteiger partial charge in [0.2, 0.25) is 0 Å². The zero-order valence-electron chi connectivity index (χ0n) is 10.6. The Hall–Kier alpha value is -1.02. The molecule has 0 aliphatic heterocycles. The van der Waals surface area contributed by atoms with Gasteiger partial charge in [-0.2, -0.15) is 0 Å². The van der Waals surface area contributed by atoms with Gasteiger partial charge in [-0.25, -0.2) is 0 Å². The van der Waals surface area contributed by atoms with Gasteiger partial charge in [0.25, 0.3) is 0 Å². The molecule has 0 radical (unpaired) electrons. The van der Waals surface area contributed by atoms with Crippen molar-refractivity contribution in [2.45, 2.75) is 45.1 Å². The molecule has 0 heterocycles. The van der Waals surface area contributed by atoms with Crippen LogP contribution in [0.15, 0.2) is 24.3 Å². The van der Waals surface area contributed by atoms with E-state index < -0.39 is 0 Å². The van der Waals surface area contributed by atoms with Crippen molar-refractivity contribution in [3.8, 4) is 5.75 Å². The SMILES string of the molecule is CCc1cccc(OCCC2CCCC2O)c1. The van der Waals surface area contributed by atoms with Gasteiger partial charge in [-0.1, -0.05) is 25.5 Å². The molecule has 0 amide bonds. The Bertz CT molecular complexity index is 349. The van der Waals surface area contributed by atoms with E-state index in [0.29, 0.717) is 5.92 Å². The lowest BCUT2D eigenvalue weighted by atomic mass is 10.0. The fraction of sp³-hybridized carbons (Fsp3) is 0.600. The average Bonchev–Trinajstić information content (AvgIpc) is 2.76. The number of aryl methyl sites for hydroxylation is 1. The lowest BCUT2D eigenvalue weighted by Crippen LogP contribution is -2.16. The standard InChI is InChI=1S/C15H22O2/c1-2-12-5-3-7-14(11-12)17-10-9-13-6-4-8-15(13)16/h3,5,7,11,13,15-16H,2,4,6,8-10H2,1H3. The van der Waals surface area contributed by atoms with Gasteiger partial charge in [-0.3, -0.25) is 0 Å². The molecule has 0 aromatic heterocycles. The normalized spacial score (nSPS) is 23.9. The van der Waals surface area contributed by atoms with E-state index in [0.717, 1.165) is 44.5 Å². The first kappa shape index (κ1) is 12.4. The summed E-state index contributed by atoms with van der Waals surface area (Å²) in [5, 5.41) is 9.71. The predicted octanol–water partition coefficient (Wildman–Crippen LogP) is 3.18. The lowest BCUT2D eigenvalue weighted by Gasteiger charge is -2.14. The van der Waals surface area contributed by atoms with Crippen molar-refractivity contribution in [3.63, 3.8) is 0 Å². The van der Waals surface area contributed by atoms with Crippen molar-refractivity contribution in [2.24, 2.45) is 5.92 Å². The number of rotatable bonds is 5. The van der Waals surface area contributed by atoms with Crippen molar-refractivity contribution in [3.05, 3.63) is 29.8 Å². The predicted molar refractivity (Wildman–Crippen MR) is 69.3 cm³/mol. The van der Waals surface area contributed by atoms with Crippen LogP contribution in [0.2, 0.25) is 0 Å². The van der Waals surface area contributed by atoms with Crippen molar-refractivity contribution in [1.82, 2.24) is 0 Å². The number of aliphatic hydroxyl groups excluding tert-OH is 1. The summed E-state index contributed by atoms with van der Waals surface area (Å²) in [6.07, 6.45) is 5.20. The summed E-state index contributed by atoms with van der Waals surface area (Å²) in [5.41, 5.74) is 1.31. The van der Waals surface area contributed by atoms with Crippen LogP contribution >= 0.6 is 0 Å². The Morgan fingerprint density at radius 2 is 2.24 bits per heavy atom. The number of hydrogen-bond donors (Lipinski definition) is 1. The lowest BCUT2D eigenvalue weighted by molar-refractivity contribution is 0.117. The van der Waals surface area contributed by atoms with E-state index in [1.807, 2.05) is 12.1 Å². The van der Waals surface area contributed by atoms with Crippen molar-refractivity contribution in [1.29, 1.82) is 0 Å². The Labute approximate surface area is 104 Å². The molecule has 94 valence electrons. The number of benzene rings is 1. The van der Waals surface area contributed by atoms with Gasteiger partial charge in [-0.15, -0.1) is 0 Å². The molecular formula is C15H22O2. The zero-order valence-corrected chi connectivity index (χ0v) is 10.6. The van der Waals surface area contributed by atoms with Crippen molar-refractivity contribution in [2.75, 3.05) is 6.61 Å². The summed E-state index contributed by atoms with van der Waals surface area (Å²) in [5.74, 6) is 1.40. The molecule has 0 spiro atoms. The molecule has 1 saturated carbocycles. The molecular weight excluding hydrogens is 212 g/mol. The molecule has 0 bridgehead atoms. The smallest absolute Gasteiger partial charge is 0.119 e. The van der Waals surface area contributed by atoms with E-state index in [9.17, 15) is 5.11 Å². The van der Waals surface area contributed by atoms with E-state index >= 15 is 0 Å². The maximum Gasteiger partial charge on any atom is 0.119 e. The molecule has 2 heteroatoms. The minimum Gasteiger partial charge on any atom is -0.494 e. The summed E-state index contributed by atoms with van der Waals surface area (Å²) in [6.45, 7) is 2.86. The molecule has 2 atom stereocenters. The van der Waals surface area contributed by atoms with Crippen molar-refractivity contribution >= 4 is 0 Å². The van der Waals surface area contributed by atoms with Gasteiger partial charge in [-0.05, 0) is 49.3 Å². The van der Waals surface area contributed by atoms with Gasteiger partial charge < -0.3 is 9.84 Å². The minimum absolute atomic E-state index is 0.0967. The third-order valence-electron chi connectivity index (χ3n) is 3.68. The topological polar surface area (TPSA) is 29.5 Å². The second-order valence-corrected chi connectivity index (χ2v) is 4.90. The molecule has 1 N–H and O–H groups in total. The maximum atomic E-state index is 9.71. The molecule has 2 unspecified atom stereocenters. The summed E-state index contributed by atoms with van der Waals surface area (Å²) in [7, 11) is 0. The molecule has 1 aliphatic carbocycles. The highest BCUT2D eigenvalue weighted by Gasteiger charge is 2.24. The summed E-state index contributed by atoms with van der Waals surface area (Å²) >= 11 is 0. The minimum atomic E-state index is -0.0967. The molecule has 1 fully saturated rings. The van der Waals surface area contributed by atoms with Crippen LogP contribution in [-0.2, 0) is 6.42 Å². The van der Waals surface area contributed by atoms with E-state index in [1.165, 1.54) is 5.56 Å². The van der Waals surface area contributed by atoms with E-state index in [4.69, 9.17) is 4.74 Å². The first-order valence-electron chi connectivity index (χ1n) is 6.69. The van der Waals surface area contributed by atoms with E-state index in [2.05, 4.69) is 19.1 Å². The second-order valence-electron chi connectivity index (χ2n) is 4.90. The van der Waals surface area contributed by atoms with E-state index in [-0.39, 0.29) is 6.10 Å². The quantitative estimate of drug-likeness (QED) is 0.848. The van der Waals surface area contributed by atoms with Crippen LogP contribution in [0.3, 0.4) is 0 Å². The highest BCUT2D eigenvalue weighted by molar-refractivity contribution is 5.28. The summed E-state index contributed by atoms with van der Waals surface area (Å²) < 4.78 is 5.75. The van der Waals surface area contributed by atoms with Gasteiger partial charge in [0, 0.05) is 0 Å².